The lowest BCUT2D eigenvalue weighted by Crippen LogP contribution is -2.14. The zero-order valence-corrected chi connectivity index (χ0v) is 12.4. The molecule has 110 valence electrons. The topological polar surface area (TPSA) is 76.2 Å². The Labute approximate surface area is 121 Å². The number of nitrogens with zero attached hydrogens (tertiary/aromatic N) is 3. The van der Waals surface area contributed by atoms with Gasteiger partial charge in [-0.15, -0.1) is 0 Å². The molecule has 3 aromatic rings. The van der Waals surface area contributed by atoms with Crippen molar-refractivity contribution in [2.75, 3.05) is 0 Å². The molecule has 0 aliphatic carbocycles. The van der Waals surface area contributed by atoms with E-state index < -0.39 is 0 Å². The second-order valence-corrected chi connectivity index (χ2v) is 5.14. The van der Waals surface area contributed by atoms with Gasteiger partial charge in [-0.2, -0.15) is 0 Å². The summed E-state index contributed by atoms with van der Waals surface area (Å²) < 4.78 is 6.74. The van der Waals surface area contributed by atoms with Crippen molar-refractivity contribution in [3.8, 4) is 11.4 Å². The van der Waals surface area contributed by atoms with E-state index in [9.17, 15) is 4.79 Å². The first-order valence-electron chi connectivity index (χ1n) is 7.21. The van der Waals surface area contributed by atoms with Crippen LogP contribution in [0.4, 0.5) is 0 Å². The molecule has 3 rings (SSSR count). The van der Waals surface area contributed by atoms with Crippen molar-refractivity contribution in [1.82, 2.24) is 19.8 Å². The van der Waals surface area contributed by atoms with Crippen LogP contribution >= 0.6 is 0 Å². The molecule has 0 amide bonds. The molecule has 0 radical (unpaired) electrons. The number of aromatic amines is 1. The minimum atomic E-state index is -0.141. The molecule has 0 aliphatic heterocycles. The number of rotatable bonds is 4. The van der Waals surface area contributed by atoms with E-state index in [1.54, 1.807) is 0 Å². The lowest BCUT2D eigenvalue weighted by molar-refractivity contribution is 0.384. The van der Waals surface area contributed by atoms with Crippen LogP contribution in [0.1, 0.15) is 37.3 Å². The van der Waals surface area contributed by atoms with E-state index in [1.165, 1.54) is 10.6 Å². The highest BCUT2D eigenvalue weighted by atomic mass is 16.5. The number of aryl methyl sites for hydroxylation is 3. The highest BCUT2D eigenvalue weighted by Gasteiger charge is 2.14. The maximum absolute atomic E-state index is 12.2. The molecule has 0 unspecified atom stereocenters. The van der Waals surface area contributed by atoms with Gasteiger partial charge >= 0.3 is 0 Å². The SMILES string of the molecule is CCCc1cc(-c2cc(=O)n3[nH]c(C)c(CC)c3n2)no1. The third-order valence-corrected chi connectivity index (χ3v) is 3.59. The number of aromatic nitrogens is 4. The third-order valence-electron chi connectivity index (χ3n) is 3.59. The van der Waals surface area contributed by atoms with Crippen molar-refractivity contribution in [1.29, 1.82) is 0 Å². The van der Waals surface area contributed by atoms with Crippen molar-refractivity contribution < 1.29 is 4.52 Å². The molecular formula is C15H18N4O2. The van der Waals surface area contributed by atoms with Gasteiger partial charge in [-0.05, 0) is 19.8 Å². The summed E-state index contributed by atoms with van der Waals surface area (Å²) in [6, 6.07) is 3.34. The monoisotopic (exact) mass is 286 g/mol. The minimum absolute atomic E-state index is 0.141. The van der Waals surface area contributed by atoms with Crippen LogP contribution in [-0.2, 0) is 12.8 Å². The molecule has 0 saturated heterocycles. The van der Waals surface area contributed by atoms with E-state index in [4.69, 9.17) is 4.52 Å². The summed E-state index contributed by atoms with van der Waals surface area (Å²) in [5.41, 5.74) is 3.70. The zero-order valence-electron chi connectivity index (χ0n) is 12.4. The molecule has 1 N–H and O–H groups in total. The lowest BCUT2D eigenvalue weighted by Gasteiger charge is -1.98. The molecular weight excluding hydrogens is 268 g/mol. The Morgan fingerprint density at radius 3 is 2.81 bits per heavy atom. The molecule has 6 nitrogen and oxygen atoms in total. The Morgan fingerprint density at radius 1 is 1.29 bits per heavy atom. The predicted molar refractivity (Wildman–Crippen MR) is 79.4 cm³/mol. The first kappa shape index (κ1) is 13.6. The smallest absolute Gasteiger partial charge is 0.273 e. The van der Waals surface area contributed by atoms with E-state index in [2.05, 4.69) is 22.2 Å². The van der Waals surface area contributed by atoms with Crippen molar-refractivity contribution in [2.45, 2.75) is 40.0 Å². The second kappa shape index (κ2) is 5.20. The molecule has 0 fully saturated rings. The summed E-state index contributed by atoms with van der Waals surface area (Å²) in [4.78, 5) is 16.8. The summed E-state index contributed by atoms with van der Waals surface area (Å²) in [6.07, 6.45) is 2.63. The normalized spacial score (nSPS) is 11.4. The van der Waals surface area contributed by atoms with Crippen LogP contribution in [0.3, 0.4) is 0 Å². The van der Waals surface area contributed by atoms with Gasteiger partial charge in [0.15, 0.2) is 5.65 Å². The fourth-order valence-electron chi connectivity index (χ4n) is 2.55. The Hall–Kier alpha value is -2.37. The average Bonchev–Trinajstić information content (AvgIpc) is 3.03. The van der Waals surface area contributed by atoms with Gasteiger partial charge in [0.25, 0.3) is 5.56 Å². The first-order valence-corrected chi connectivity index (χ1v) is 7.21. The molecule has 6 heteroatoms. The molecule has 0 bridgehead atoms. The first-order chi connectivity index (χ1) is 10.1. The van der Waals surface area contributed by atoms with E-state index in [-0.39, 0.29) is 5.56 Å². The Bertz CT molecular complexity index is 841. The van der Waals surface area contributed by atoms with Gasteiger partial charge in [0.1, 0.15) is 17.1 Å². The van der Waals surface area contributed by atoms with Crippen LogP contribution in [0, 0.1) is 6.92 Å². The maximum Gasteiger partial charge on any atom is 0.273 e. The van der Waals surface area contributed by atoms with Crippen LogP contribution < -0.4 is 5.56 Å². The number of hydrogen-bond acceptors (Lipinski definition) is 4. The Kier molecular flexibility index (Phi) is 3.37. The predicted octanol–water partition coefficient (Wildman–Crippen LogP) is 2.50. The minimum Gasteiger partial charge on any atom is -0.361 e. The number of nitrogens with one attached hydrogen (secondary N) is 1. The third kappa shape index (κ3) is 2.26. The highest BCUT2D eigenvalue weighted by molar-refractivity contribution is 5.60. The second-order valence-electron chi connectivity index (χ2n) is 5.14. The molecule has 3 aromatic heterocycles. The summed E-state index contributed by atoms with van der Waals surface area (Å²) in [6.45, 7) is 6.07. The standard InChI is InChI=1S/C15H18N4O2/c1-4-6-10-7-13(18-21-10)12-8-14(20)19-15(16-12)11(5-2)9(3)17-19/h7-8,17H,4-6H2,1-3H3. The molecule has 0 spiro atoms. The summed E-state index contributed by atoms with van der Waals surface area (Å²) in [5.74, 6) is 0.815. The van der Waals surface area contributed by atoms with Gasteiger partial charge < -0.3 is 4.52 Å². The van der Waals surface area contributed by atoms with Gasteiger partial charge in [0, 0.05) is 29.8 Å². The van der Waals surface area contributed by atoms with E-state index >= 15 is 0 Å². The Balaban J connectivity index is 2.16. The lowest BCUT2D eigenvalue weighted by atomic mass is 10.2. The summed E-state index contributed by atoms with van der Waals surface area (Å²) >= 11 is 0. The van der Waals surface area contributed by atoms with Crippen molar-refractivity contribution in [2.24, 2.45) is 0 Å². The van der Waals surface area contributed by atoms with Crippen LogP contribution in [0.25, 0.3) is 17.0 Å². The number of H-pyrrole nitrogens is 1. The fraction of sp³-hybridized carbons (Fsp3) is 0.400. The van der Waals surface area contributed by atoms with Crippen LogP contribution in [0.5, 0.6) is 0 Å². The van der Waals surface area contributed by atoms with Crippen LogP contribution in [-0.4, -0.2) is 19.8 Å². The number of fused-ring (bicyclic) bond motifs is 1. The molecule has 0 saturated carbocycles. The highest BCUT2D eigenvalue weighted by Crippen LogP contribution is 2.19. The van der Waals surface area contributed by atoms with Crippen molar-refractivity contribution in [3.05, 3.63) is 39.5 Å². The van der Waals surface area contributed by atoms with Gasteiger partial charge in [-0.1, -0.05) is 19.0 Å². The quantitative estimate of drug-likeness (QED) is 0.799. The van der Waals surface area contributed by atoms with Crippen molar-refractivity contribution in [3.63, 3.8) is 0 Å². The zero-order chi connectivity index (χ0) is 15.0. The van der Waals surface area contributed by atoms with Gasteiger partial charge in [-0.25, -0.2) is 9.50 Å². The van der Waals surface area contributed by atoms with Gasteiger partial charge in [0.05, 0.1) is 0 Å². The van der Waals surface area contributed by atoms with Crippen LogP contribution in [0.15, 0.2) is 21.5 Å². The molecule has 0 aromatic carbocycles. The van der Waals surface area contributed by atoms with E-state index in [0.717, 1.165) is 36.3 Å². The number of hydrogen-bond donors (Lipinski definition) is 1. The van der Waals surface area contributed by atoms with Gasteiger partial charge in [-0.3, -0.25) is 9.89 Å². The Morgan fingerprint density at radius 2 is 2.10 bits per heavy atom. The van der Waals surface area contributed by atoms with Crippen molar-refractivity contribution >= 4 is 5.65 Å². The molecule has 3 heterocycles. The van der Waals surface area contributed by atoms with E-state index in [1.807, 2.05) is 19.9 Å². The molecule has 0 aliphatic rings. The summed E-state index contributed by atoms with van der Waals surface area (Å²) in [7, 11) is 0. The average molecular weight is 286 g/mol. The van der Waals surface area contributed by atoms with E-state index in [0.29, 0.717) is 17.0 Å². The molecule has 0 atom stereocenters. The summed E-state index contributed by atoms with van der Waals surface area (Å²) in [5, 5.41) is 7.07. The molecule has 21 heavy (non-hydrogen) atoms. The van der Waals surface area contributed by atoms with Crippen LogP contribution in [0.2, 0.25) is 0 Å². The maximum atomic E-state index is 12.2. The van der Waals surface area contributed by atoms with Gasteiger partial charge in [0.2, 0.25) is 0 Å². The fourth-order valence-corrected chi connectivity index (χ4v) is 2.55. The largest absolute Gasteiger partial charge is 0.361 e.